The zero-order valence-corrected chi connectivity index (χ0v) is 35.7. The predicted octanol–water partition coefficient (Wildman–Crippen LogP) is 14.8. The van der Waals surface area contributed by atoms with Crippen LogP contribution in [0.25, 0.3) is 98.7 Å². The van der Waals surface area contributed by atoms with Gasteiger partial charge in [0.15, 0.2) is 5.69 Å². The standard InChI is InChI=1S/C60H34N6O/c1-61-36-27-30-53-44(32-36)43-18-6-11-24-52(43)66(53)54-25-12-26-55-57(54)60(45-29-28-37(34-56(45)67-55)64-48-20-7-2-14-39(48)40-15-3-8-21-49(40)64)46-19-13-31-62-58(46)59-47(60)33-38(35-63-59)65-50-22-9-4-16-41(50)42-17-5-10-23-51(42)65/h2-35H. The van der Waals surface area contributed by atoms with Crippen molar-refractivity contribution < 1.29 is 4.74 Å². The molecule has 7 heteroatoms. The number of fused-ring (bicyclic) bond motifs is 18. The maximum absolute atomic E-state index is 7.92. The van der Waals surface area contributed by atoms with E-state index in [1.54, 1.807) is 0 Å². The van der Waals surface area contributed by atoms with Crippen LogP contribution in [0.1, 0.15) is 22.3 Å². The minimum absolute atomic E-state index is 0.603. The summed E-state index contributed by atoms with van der Waals surface area (Å²) in [6.07, 6.45) is 3.89. The fourth-order valence-electron chi connectivity index (χ4n) is 11.8. The second kappa shape index (κ2) is 13.2. The summed E-state index contributed by atoms with van der Waals surface area (Å²) in [5.74, 6) is 1.51. The van der Waals surface area contributed by atoms with E-state index in [1.165, 1.54) is 21.5 Å². The molecule has 0 radical (unpaired) electrons. The van der Waals surface area contributed by atoms with Gasteiger partial charge in [0.25, 0.3) is 0 Å². The van der Waals surface area contributed by atoms with Crippen LogP contribution in [0.3, 0.4) is 0 Å². The highest BCUT2D eigenvalue weighted by Crippen LogP contribution is 2.63. The van der Waals surface area contributed by atoms with Crippen molar-refractivity contribution >= 4 is 71.1 Å². The van der Waals surface area contributed by atoms with Crippen molar-refractivity contribution in [1.82, 2.24) is 23.7 Å². The van der Waals surface area contributed by atoms with Crippen LogP contribution in [-0.2, 0) is 5.41 Å². The lowest BCUT2D eigenvalue weighted by molar-refractivity contribution is 0.435. The van der Waals surface area contributed by atoms with E-state index in [2.05, 4.69) is 201 Å². The topological polar surface area (TPSA) is 54.2 Å². The highest BCUT2D eigenvalue weighted by atomic mass is 16.5. The summed E-state index contributed by atoms with van der Waals surface area (Å²) in [6.45, 7) is 7.92. The number of aromatic nitrogens is 5. The lowest BCUT2D eigenvalue weighted by Gasteiger charge is -2.40. The molecule has 7 nitrogen and oxygen atoms in total. The fourth-order valence-corrected chi connectivity index (χ4v) is 11.8. The zero-order valence-electron chi connectivity index (χ0n) is 35.7. The molecule has 15 rings (SSSR count). The molecule has 0 N–H and O–H groups in total. The number of hydrogen-bond acceptors (Lipinski definition) is 3. The molecule has 1 spiro atoms. The molecule has 0 saturated heterocycles. The minimum Gasteiger partial charge on any atom is -0.457 e. The highest BCUT2D eigenvalue weighted by molar-refractivity contribution is 6.12. The Morgan fingerprint density at radius 1 is 0.418 bits per heavy atom. The molecule has 0 bridgehead atoms. The second-order valence-electron chi connectivity index (χ2n) is 17.6. The molecule has 310 valence electrons. The summed E-state index contributed by atoms with van der Waals surface area (Å²) in [5, 5.41) is 6.87. The van der Waals surface area contributed by atoms with Gasteiger partial charge in [-0.05, 0) is 83.7 Å². The Bertz CT molecular complexity index is 4250. The van der Waals surface area contributed by atoms with Gasteiger partial charge in [-0.2, -0.15) is 0 Å². The van der Waals surface area contributed by atoms with Gasteiger partial charge in [-0.1, -0.05) is 115 Å². The molecular formula is C60H34N6O. The number of ether oxygens (including phenoxy) is 1. The minimum atomic E-state index is -0.951. The monoisotopic (exact) mass is 854 g/mol. The van der Waals surface area contributed by atoms with E-state index in [-0.39, 0.29) is 0 Å². The van der Waals surface area contributed by atoms with Crippen LogP contribution < -0.4 is 4.74 Å². The Balaban J connectivity index is 1.08. The van der Waals surface area contributed by atoms with Gasteiger partial charge in [0.2, 0.25) is 0 Å². The first kappa shape index (κ1) is 36.1. The Kier molecular flexibility index (Phi) is 7.10. The lowest BCUT2D eigenvalue weighted by Crippen LogP contribution is -2.34. The van der Waals surface area contributed by atoms with Crippen molar-refractivity contribution in [2.24, 2.45) is 0 Å². The fraction of sp³-hybridized carbons (Fsp3) is 0.0167. The van der Waals surface area contributed by atoms with Gasteiger partial charge in [0.1, 0.15) is 11.5 Å². The van der Waals surface area contributed by atoms with Crippen molar-refractivity contribution in [3.05, 3.63) is 240 Å². The van der Waals surface area contributed by atoms with Crippen LogP contribution in [0.5, 0.6) is 11.5 Å². The Morgan fingerprint density at radius 2 is 0.985 bits per heavy atom. The normalized spacial score (nSPS) is 14.7. The molecule has 67 heavy (non-hydrogen) atoms. The summed E-state index contributed by atoms with van der Waals surface area (Å²) in [5.41, 5.74) is 14.9. The quantitative estimate of drug-likeness (QED) is 0.166. The third-order valence-corrected chi connectivity index (χ3v) is 14.4. The van der Waals surface area contributed by atoms with E-state index in [9.17, 15) is 0 Å². The summed E-state index contributed by atoms with van der Waals surface area (Å²) < 4.78 is 14.4. The molecule has 0 amide bonds. The van der Waals surface area contributed by atoms with Crippen LogP contribution in [0.15, 0.2) is 207 Å². The Hall–Kier alpha value is -9.25. The van der Waals surface area contributed by atoms with E-state index in [0.717, 1.165) is 106 Å². The summed E-state index contributed by atoms with van der Waals surface area (Å²) in [7, 11) is 0. The molecule has 0 saturated carbocycles. The van der Waals surface area contributed by atoms with Gasteiger partial charge in [0, 0.05) is 61.6 Å². The van der Waals surface area contributed by atoms with E-state index in [1.807, 2.05) is 24.5 Å². The molecule has 0 fully saturated rings. The first-order valence-electron chi connectivity index (χ1n) is 22.5. The third-order valence-electron chi connectivity index (χ3n) is 14.4. The van der Waals surface area contributed by atoms with Crippen LogP contribution in [0.4, 0.5) is 5.69 Å². The zero-order chi connectivity index (χ0) is 44.0. The number of hydrogen-bond donors (Lipinski definition) is 0. The van der Waals surface area contributed by atoms with Crippen molar-refractivity contribution in [2.45, 2.75) is 5.41 Å². The number of benzene rings is 8. The molecule has 2 aliphatic rings. The molecule has 1 atom stereocenters. The number of pyridine rings is 2. The second-order valence-corrected chi connectivity index (χ2v) is 17.6. The van der Waals surface area contributed by atoms with Gasteiger partial charge in [-0.3, -0.25) is 9.97 Å². The first-order valence-corrected chi connectivity index (χ1v) is 22.5. The lowest BCUT2D eigenvalue weighted by atomic mass is 9.65. The molecule has 5 aromatic heterocycles. The molecular weight excluding hydrogens is 821 g/mol. The predicted molar refractivity (Wildman–Crippen MR) is 269 cm³/mol. The van der Waals surface area contributed by atoms with Gasteiger partial charge in [-0.25, -0.2) is 4.85 Å². The highest BCUT2D eigenvalue weighted by Gasteiger charge is 2.54. The van der Waals surface area contributed by atoms with Gasteiger partial charge in [-0.15, -0.1) is 0 Å². The molecule has 1 unspecified atom stereocenters. The first-order chi connectivity index (χ1) is 33.2. The molecule has 6 heterocycles. The van der Waals surface area contributed by atoms with Crippen LogP contribution in [0.2, 0.25) is 0 Å². The average molecular weight is 855 g/mol. The molecule has 13 aromatic rings. The number of para-hydroxylation sites is 5. The molecule has 1 aliphatic heterocycles. The number of rotatable bonds is 3. The van der Waals surface area contributed by atoms with E-state index >= 15 is 0 Å². The SMILES string of the molecule is [C-]#[N+]c1ccc2c(c1)c1ccccc1n2-c1cccc2c1C1(c3ccc(-n4c5ccccc5c5ccccc54)cc3O2)c2cccnc2-c2ncc(-n3c4ccccc4c4ccccc43)cc21. The largest absolute Gasteiger partial charge is 0.457 e. The average Bonchev–Trinajstić information content (AvgIpc) is 4.10. The van der Waals surface area contributed by atoms with Gasteiger partial charge in [0.05, 0.1) is 74.0 Å². The van der Waals surface area contributed by atoms with E-state index in [0.29, 0.717) is 5.69 Å². The maximum atomic E-state index is 7.92. The maximum Gasteiger partial charge on any atom is 0.188 e. The van der Waals surface area contributed by atoms with Crippen molar-refractivity contribution in [2.75, 3.05) is 0 Å². The van der Waals surface area contributed by atoms with Crippen molar-refractivity contribution in [3.63, 3.8) is 0 Å². The van der Waals surface area contributed by atoms with E-state index in [4.69, 9.17) is 21.3 Å². The summed E-state index contributed by atoms with van der Waals surface area (Å²) >= 11 is 0. The smallest absolute Gasteiger partial charge is 0.188 e. The number of nitrogens with zero attached hydrogens (tertiary/aromatic N) is 6. The molecule has 1 aliphatic carbocycles. The Labute approximate surface area is 383 Å². The summed E-state index contributed by atoms with van der Waals surface area (Å²) in [4.78, 5) is 14.5. The van der Waals surface area contributed by atoms with Crippen LogP contribution >= 0.6 is 0 Å². The van der Waals surface area contributed by atoms with Crippen LogP contribution in [0, 0.1) is 6.57 Å². The molecule has 8 aromatic carbocycles. The van der Waals surface area contributed by atoms with Crippen molar-refractivity contribution in [3.8, 4) is 39.9 Å². The van der Waals surface area contributed by atoms with Gasteiger partial charge >= 0.3 is 0 Å². The third kappa shape index (κ3) is 4.63. The van der Waals surface area contributed by atoms with E-state index < -0.39 is 5.41 Å². The van der Waals surface area contributed by atoms with Crippen LogP contribution in [-0.4, -0.2) is 23.7 Å². The summed E-state index contributed by atoms with van der Waals surface area (Å²) in [6, 6.07) is 68.8. The Morgan fingerprint density at radius 3 is 1.63 bits per heavy atom. The van der Waals surface area contributed by atoms with Crippen molar-refractivity contribution in [1.29, 1.82) is 0 Å². The van der Waals surface area contributed by atoms with Gasteiger partial charge < -0.3 is 18.4 Å².